The van der Waals surface area contributed by atoms with E-state index < -0.39 is 25.5 Å². The average Bonchev–Trinajstić information content (AvgIpc) is 2.95. The van der Waals surface area contributed by atoms with Gasteiger partial charge in [0.25, 0.3) is 7.37 Å². The van der Waals surface area contributed by atoms with Crippen LogP contribution in [0.2, 0.25) is 0 Å². The maximum Gasteiger partial charge on any atom is 0.335 e. The molecule has 4 rings (SSSR count). The predicted molar refractivity (Wildman–Crippen MR) is 142 cm³/mol. The first-order valence-corrected chi connectivity index (χ1v) is 12.7. The summed E-state index contributed by atoms with van der Waals surface area (Å²) in [7, 11) is -3.40. The van der Waals surface area contributed by atoms with E-state index in [2.05, 4.69) is 0 Å². The topological polar surface area (TPSA) is 141 Å². The van der Waals surface area contributed by atoms with Crippen LogP contribution in [0, 0.1) is 0 Å². The maximum atomic E-state index is 12.2. The molecule has 4 aromatic carbocycles. The summed E-state index contributed by atoms with van der Waals surface area (Å²) in [6, 6.07) is 34.2. The van der Waals surface area contributed by atoms with Crippen molar-refractivity contribution in [3.8, 4) is 0 Å². The van der Waals surface area contributed by atoms with Gasteiger partial charge in [-0.1, -0.05) is 84.9 Å². The van der Waals surface area contributed by atoms with Crippen LogP contribution < -0.4 is 16.3 Å². The standard InChI is InChI=1S/C12H11O2P.C9H13NO2.C7H6O2/c13-15(14,11-7-3-1-4-8-11)12-9-5-2-6-10-12;10-8(6-11)9(12)7-4-2-1-3-5-7;8-7(9)6-4-2-1-3-5-6/h1-10H,(H,13,14);1-5,8-9,11-12H,6,10H2;1-5H,(H,8,9). The third-order valence-electron chi connectivity index (χ3n) is 4.99. The fraction of sp³-hybridized carbons (Fsp3) is 0.107. The molecule has 0 spiro atoms. The summed E-state index contributed by atoms with van der Waals surface area (Å²) in [5.41, 5.74) is 6.51. The molecule has 4 aromatic rings. The van der Waals surface area contributed by atoms with Gasteiger partial charge in [-0.05, 0) is 42.0 Å². The minimum atomic E-state index is -3.40. The molecule has 0 aliphatic rings. The van der Waals surface area contributed by atoms with Crippen LogP contribution in [-0.2, 0) is 4.57 Å². The van der Waals surface area contributed by atoms with Crippen LogP contribution in [-0.4, -0.2) is 38.8 Å². The molecule has 0 saturated carbocycles. The van der Waals surface area contributed by atoms with Gasteiger partial charge in [0, 0.05) is 10.6 Å². The normalized spacial score (nSPS) is 12.1. The van der Waals surface area contributed by atoms with E-state index in [-0.39, 0.29) is 6.61 Å². The van der Waals surface area contributed by atoms with Crippen molar-refractivity contribution in [3.05, 3.63) is 132 Å². The summed E-state index contributed by atoms with van der Waals surface area (Å²) in [6.45, 7) is -0.212. The number of hydrogen-bond acceptors (Lipinski definition) is 5. The van der Waals surface area contributed by atoms with Crippen LogP contribution in [0.4, 0.5) is 0 Å². The quantitative estimate of drug-likeness (QED) is 0.252. The summed E-state index contributed by atoms with van der Waals surface area (Å²) in [6.07, 6.45) is -0.781. The van der Waals surface area contributed by atoms with Crippen molar-refractivity contribution < 1.29 is 29.6 Å². The second-order valence-electron chi connectivity index (χ2n) is 7.62. The maximum absolute atomic E-state index is 12.2. The van der Waals surface area contributed by atoms with Crippen LogP contribution in [0.3, 0.4) is 0 Å². The lowest BCUT2D eigenvalue weighted by atomic mass is 10.0. The molecule has 6 N–H and O–H groups in total. The number of aliphatic hydroxyl groups is 2. The molecule has 8 heteroatoms. The molecule has 0 saturated heterocycles. The smallest absolute Gasteiger partial charge is 0.335 e. The van der Waals surface area contributed by atoms with Gasteiger partial charge >= 0.3 is 5.97 Å². The Morgan fingerprint density at radius 2 is 1.08 bits per heavy atom. The molecule has 7 nitrogen and oxygen atoms in total. The monoisotopic (exact) mass is 507 g/mol. The van der Waals surface area contributed by atoms with E-state index >= 15 is 0 Å². The highest BCUT2D eigenvalue weighted by molar-refractivity contribution is 7.73. The van der Waals surface area contributed by atoms with Gasteiger partial charge in [0.1, 0.15) is 0 Å². The molecule has 188 valence electrons. The summed E-state index contributed by atoms with van der Waals surface area (Å²) < 4.78 is 12.2. The molecule has 0 amide bonds. The van der Waals surface area contributed by atoms with Crippen LogP contribution >= 0.6 is 7.37 Å². The Balaban J connectivity index is 0.000000197. The van der Waals surface area contributed by atoms with Crippen LogP contribution in [0.15, 0.2) is 121 Å². The predicted octanol–water partition coefficient (Wildman–Crippen LogP) is 3.33. The highest BCUT2D eigenvalue weighted by Gasteiger charge is 2.22. The Bertz CT molecular complexity index is 1160. The number of aliphatic hydroxyl groups excluding tert-OH is 2. The lowest BCUT2D eigenvalue weighted by Gasteiger charge is -2.16. The zero-order valence-corrected chi connectivity index (χ0v) is 20.4. The highest BCUT2D eigenvalue weighted by atomic mass is 31.2. The van der Waals surface area contributed by atoms with Gasteiger partial charge in [-0.15, -0.1) is 0 Å². The minimum absolute atomic E-state index is 0.212. The van der Waals surface area contributed by atoms with E-state index in [1.165, 1.54) is 0 Å². The summed E-state index contributed by atoms with van der Waals surface area (Å²) in [4.78, 5) is 20.2. The number of aromatic carboxylic acids is 1. The first-order valence-electron chi connectivity index (χ1n) is 11.1. The number of carboxylic acids is 1. The summed E-state index contributed by atoms with van der Waals surface area (Å²) in [5.74, 6) is -0.879. The zero-order chi connectivity index (χ0) is 26.4. The number of hydrogen-bond donors (Lipinski definition) is 5. The molecule has 2 atom stereocenters. The first kappa shape index (κ1) is 28.7. The molecule has 2 unspecified atom stereocenters. The molecule has 0 aliphatic carbocycles. The number of carboxylic acid groups (broad SMARTS) is 1. The van der Waals surface area contributed by atoms with Gasteiger partial charge in [-0.3, -0.25) is 4.57 Å². The van der Waals surface area contributed by atoms with E-state index in [1.54, 1.807) is 91.0 Å². The van der Waals surface area contributed by atoms with Crippen molar-refractivity contribution in [2.45, 2.75) is 12.1 Å². The Labute approximate surface area is 210 Å². The largest absolute Gasteiger partial charge is 0.478 e. The Kier molecular flexibility index (Phi) is 11.7. The van der Waals surface area contributed by atoms with Gasteiger partial charge < -0.3 is 25.9 Å². The molecular weight excluding hydrogens is 477 g/mol. The Hall–Kier alpha value is -3.58. The van der Waals surface area contributed by atoms with Crippen LogP contribution in [0.25, 0.3) is 0 Å². The second kappa shape index (κ2) is 14.7. The highest BCUT2D eigenvalue weighted by Crippen LogP contribution is 2.37. The molecule has 36 heavy (non-hydrogen) atoms. The molecule has 0 aliphatic heterocycles. The van der Waals surface area contributed by atoms with Crippen LogP contribution in [0.5, 0.6) is 0 Å². The summed E-state index contributed by atoms with van der Waals surface area (Å²) >= 11 is 0. The van der Waals surface area contributed by atoms with Gasteiger partial charge in [-0.25, -0.2) is 4.79 Å². The lowest BCUT2D eigenvalue weighted by molar-refractivity contribution is 0.0696. The van der Waals surface area contributed by atoms with Crippen molar-refractivity contribution >= 4 is 23.9 Å². The van der Waals surface area contributed by atoms with Gasteiger partial charge in [0.05, 0.1) is 24.3 Å². The van der Waals surface area contributed by atoms with E-state index in [4.69, 9.17) is 15.9 Å². The van der Waals surface area contributed by atoms with Crippen molar-refractivity contribution in [1.29, 1.82) is 0 Å². The lowest BCUT2D eigenvalue weighted by Crippen LogP contribution is -2.31. The van der Waals surface area contributed by atoms with Crippen molar-refractivity contribution in [3.63, 3.8) is 0 Å². The van der Waals surface area contributed by atoms with E-state index in [0.29, 0.717) is 16.2 Å². The third kappa shape index (κ3) is 8.89. The SMILES string of the molecule is NC(CO)C(O)c1ccccc1.O=C(O)c1ccccc1.O=P(O)(c1ccccc1)c1ccccc1. The average molecular weight is 508 g/mol. The molecule has 0 radical (unpaired) electrons. The van der Waals surface area contributed by atoms with Gasteiger partial charge in [0.2, 0.25) is 0 Å². The van der Waals surface area contributed by atoms with Gasteiger partial charge in [0.15, 0.2) is 0 Å². The van der Waals surface area contributed by atoms with E-state index in [9.17, 15) is 19.4 Å². The second-order valence-corrected chi connectivity index (χ2v) is 9.81. The Morgan fingerprint density at radius 1 is 0.722 bits per heavy atom. The summed E-state index contributed by atoms with van der Waals surface area (Å²) in [5, 5.41) is 27.5. The number of rotatable bonds is 6. The first-order chi connectivity index (χ1) is 17.3. The Morgan fingerprint density at radius 3 is 1.42 bits per heavy atom. The fourth-order valence-corrected chi connectivity index (χ4v) is 4.44. The zero-order valence-electron chi connectivity index (χ0n) is 19.5. The molecule has 0 heterocycles. The van der Waals surface area contributed by atoms with E-state index in [1.807, 2.05) is 30.3 Å². The van der Waals surface area contributed by atoms with Gasteiger partial charge in [-0.2, -0.15) is 0 Å². The molecule has 0 fully saturated rings. The van der Waals surface area contributed by atoms with Crippen molar-refractivity contribution in [1.82, 2.24) is 0 Å². The minimum Gasteiger partial charge on any atom is -0.478 e. The number of carbonyl (C=O) groups is 1. The number of benzene rings is 4. The molecular formula is C28H30NO6P. The van der Waals surface area contributed by atoms with Crippen LogP contribution in [0.1, 0.15) is 22.0 Å². The third-order valence-corrected chi connectivity index (χ3v) is 6.99. The van der Waals surface area contributed by atoms with E-state index in [0.717, 1.165) is 5.56 Å². The molecule has 0 aromatic heterocycles. The van der Waals surface area contributed by atoms with Crippen molar-refractivity contribution in [2.75, 3.05) is 6.61 Å². The number of nitrogens with two attached hydrogens (primary N) is 1. The molecule has 0 bridgehead atoms. The van der Waals surface area contributed by atoms with Crippen molar-refractivity contribution in [2.24, 2.45) is 5.73 Å². The fourth-order valence-electron chi connectivity index (χ4n) is 2.99.